The number of ether oxygens (including phenoxy) is 1. The average Bonchev–Trinajstić information content (AvgIpc) is 2.12. The van der Waals surface area contributed by atoms with Gasteiger partial charge >= 0.3 is 7.91 Å². The van der Waals surface area contributed by atoms with Gasteiger partial charge in [0.25, 0.3) is 6.02 Å². The van der Waals surface area contributed by atoms with Crippen molar-refractivity contribution >= 4 is 13.9 Å². The topological polar surface area (TPSA) is 41.9 Å². The van der Waals surface area contributed by atoms with Crippen molar-refractivity contribution < 1.29 is 17.7 Å². The monoisotopic (exact) mass is 184 g/mol. The van der Waals surface area contributed by atoms with Crippen LogP contribution in [0.4, 0.5) is 8.39 Å². The summed E-state index contributed by atoms with van der Waals surface area (Å²) in [5, 5.41) is 0. The van der Waals surface area contributed by atoms with Crippen LogP contribution in [0.5, 0.6) is 0 Å². The third kappa shape index (κ3) is 2.46. The summed E-state index contributed by atoms with van der Waals surface area (Å²) in [6.45, 7) is 0.814. The molecule has 11 heavy (non-hydrogen) atoms. The van der Waals surface area contributed by atoms with Crippen LogP contribution in [0.3, 0.4) is 0 Å². The van der Waals surface area contributed by atoms with Crippen LogP contribution in [0.15, 0.2) is 4.76 Å². The summed E-state index contributed by atoms with van der Waals surface area (Å²) in [6.07, 6.45) is 0. The van der Waals surface area contributed by atoms with E-state index in [1.54, 1.807) is 7.05 Å². The Bertz CT molecular complexity index is 226. The van der Waals surface area contributed by atoms with Gasteiger partial charge in [0.15, 0.2) is 0 Å². The zero-order chi connectivity index (χ0) is 8.48. The van der Waals surface area contributed by atoms with Crippen molar-refractivity contribution in [3.8, 4) is 0 Å². The van der Waals surface area contributed by atoms with Crippen molar-refractivity contribution in [1.82, 2.24) is 4.90 Å². The fraction of sp³-hybridized carbons (Fsp3) is 0.750. The van der Waals surface area contributed by atoms with E-state index in [1.165, 1.54) is 4.90 Å². The van der Waals surface area contributed by atoms with Gasteiger partial charge in [0.1, 0.15) is 6.61 Å². The van der Waals surface area contributed by atoms with Crippen LogP contribution >= 0.6 is 7.91 Å². The highest BCUT2D eigenvalue weighted by Crippen LogP contribution is 2.51. The molecule has 1 fully saturated rings. The van der Waals surface area contributed by atoms with Gasteiger partial charge in [-0.3, -0.25) is 0 Å². The van der Waals surface area contributed by atoms with E-state index in [0.29, 0.717) is 13.2 Å². The van der Waals surface area contributed by atoms with Gasteiger partial charge < -0.3 is 9.64 Å². The van der Waals surface area contributed by atoms with Crippen LogP contribution < -0.4 is 0 Å². The number of rotatable bonds is 1. The molecule has 4 nitrogen and oxygen atoms in total. The molecular weight excluding hydrogens is 177 g/mol. The Morgan fingerprint density at radius 3 is 2.73 bits per heavy atom. The van der Waals surface area contributed by atoms with Crippen molar-refractivity contribution in [2.75, 3.05) is 20.2 Å². The normalized spacial score (nSPS) is 22.5. The highest BCUT2D eigenvalue weighted by Gasteiger charge is 2.24. The molecule has 0 unspecified atom stereocenters. The Labute approximate surface area is 62.5 Å². The third-order valence-corrected chi connectivity index (χ3v) is 1.59. The summed E-state index contributed by atoms with van der Waals surface area (Å²) in [5.74, 6) is 0. The quantitative estimate of drug-likeness (QED) is 0.577. The second kappa shape index (κ2) is 2.77. The van der Waals surface area contributed by atoms with E-state index < -0.39 is 7.91 Å². The maximum atomic E-state index is 11.8. The van der Waals surface area contributed by atoms with E-state index in [9.17, 15) is 13.0 Å². The van der Waals surface area contributed by atoms with Crippen molar-refractivity contribution in [3.05, 3.63) is 0 Å². The van der Waals surface area contributed by atoms with E-state index in [1.807, 2.05) is 0 Å². The van der Waals surface area contributed by atoms with Crippen molar-refractivity contribution in [2.45, 2.75) is 0 Å². The molecule has 0 aromatic rings. The molecule has 0 radical (unpaired) electrons. The number of halogens is 2. The predicted molar refractivity (Wildman–Crippen MR) is 35.8 cm³/mol. The van der Waals surface area contributed by atoms with Crippen molar-refractivity contribution in [1.29, 1.82) is 0 Å². The number of hydrogen-bond acceptors (Lipinski definition) is 2. The number of amidine groups is 1. The standard InChI is InChI=1S/C4H7F2N2O2P/c1-8-2-3-10-4(8)7-11(5,6)9/h2-3H2,1H3. The molecule has 0 atom stereocenters. The molecule has 1 rings (SSSR count). The zero-order valence-electron chi connectivity index (χ0n) is 5.83. The summed E-state index contributed by atoms with van der Waals surface area (Å²) >= 11 is 0. The molecule has 0 saturated carbocycles. The van der Waals surface area contributed by atoms with Crippen molar-refractivity contribution in [3.63, 3.8) is 0 Å². The molecule has 64 valence electrons. The summed E-state index contributed by atoms with van der Waals surface area (Å²) in [4.78, 5) is 1.38. The van der Waals surface area contributed by atoms with Crippen LogP contribution in [0.2, 0.25) is 0 Å². The van der Waals surface area contributed by atoms with Crippen LogP contribution in [0.25, 0.3) is 0 Å². The molecule has 0 aromatic carbocycles. The van der Waals surface area contributed by atoms with Gasteiger partial charge in [-0.1, -0.05) is 0 Å². The predicted octanol–water partition coefficient (Wildman–Crippen LogP) is 1.35. The summed E-state index contributed by atoms with van der Waals surface area (Å²) < 4.78 is 40.8. The molecule has 0 spiro atoms. The van der Waals surface area contributed by atoms with Crippen molar-refractivity contribution in [2.24, 2.45) is 4.76 Å². The molecule has 1 heterocycles. The van der Waals surface area contributed by atoms with Gasteiger partial charge in [0.2, 0.25) is 0 Å². The fourth-order valence-electron chi connectivity index (χ4n) is 0.685. The highest BCUT2D eigenvalue weighted by molar-refractivity contribution is 7.51. The lowest BCUT2D eigenvalue weighted by Gasteiger charge is -2.06. The second-order valence-electron chi connectivity index (χ2n) is 2.09. The Morgan fingerprint density at radius 2 is 2.36 bits per heavy atom. The first-order valence-electron chi connectivity index (χ1n) is 2.92. The van der Waals surface area contributed by atoms with E-state index in [0.717, 1.165) is 0 Å². The first-order valence-corrected chi connectivity index (χ1v) is 4.37. The molecular formula is C4H7F2N2O2P. The van der Waals surface area contributed by atoms with E-state index in [2.05, 4.69) is 9.50 Å². The van der Waals surface area contributed by atoms with Gasteiger partial charge in [-0.05, 0) is 0 Å². The van der Waals surface area contributed by atoms with Gasteiger partial charge in [-0.15, -0.1) is 13.2 Å². The lowest BCUT2D eigenvalue weighted by atomic mass is 10.7. The van der Waals surface area contributed by atoms with Gasteiger partial charge in [-0.2, -0.15) is 0 Å². The van der Waals surface area contributed by atoms with E-state index in [4.69, 9.17) is 0 Å². The Morgan fingerprint density at radius 1 is 1.73 bits per heavy atom. The lowest BCUT2D eigenvalue weighted by Crippen LogP contribution is -2.19. The first-order chi connectivity index (χ1) is 4.99. The molecule has 0 bridgehead atoms. The van der Waals surface area contributed by atoms with Gasteiger partial charge in [0, 0.05) is 7.05 Å². The first kappa shape index (κ1) is 8.46. The molecule has 1 saturated heterocycles. The SMILES string of the molecule is CN1CCOC1=NP(=O)(F)F. The molecule has 0 aromatic heterocycles. The van der Waals surface area contributed by atoms with Crippen LogP contribution in [0, 0.1) is 0 Å². The molecule has 7 heteroatoms. The van der Waals surface area contributed by atoms with Crippen LogP contribution in [0.1, 0.15) is 0 Å². The summed E-state index contributed by atoms with van der Waals surface area (Å²) in [6, 6.07) is -0.238. The number of hydrogen-bond donors (Lipinski definition) is 0. The van der Waals surface area contributed by atoms with E-state index in [-0.39, 0.29) is 6.02 Å². The summed E-state index contributed by atoms with van der Waals surface area (Å²) in [5.41, 5.74) is 0. The van der Waals surface area contributed by atoms with E-state index >= 15 is 0 Å². The Hall–Kier alpha value is -0.640. The van der Waals surface area contributed by atoms with Crippen LogP contribution in [-0.2, 0) is 9.30 Å². The Kier molecular flexibility index (Phi) is 2.13. The molecule has 0 aliphatic carbocycles. The third-order valence-electron chi connectivity index (χ3n) is 1.19. The summed E-state index contributed by atoms with van der Waals surface area (Å²) in [7, 11) is -3.79. The minimum atomic E-state index is -5.33. The highest BCUT2D eigenvalue weighted by atomic mass is 31.2. The minimum absolute atomic E-state index is 0.238. The molecule has 1 aliphatic heterocycles. The molecule has 1 aliphatic rings. The van der Waals surface area contributed by atoms with Crippen LogP contribution in [-0.4, -0.2) is 31.1 Å². The Balaban J connectivity index is 2.74. The largest absolute Gasteiger partial charge is 0.534 e. The fourth-order valence-corrected chi connectivity index (χ4v) is 1.09. The average molecular weight is 184 g/mol. The lowest BCUT2D eigenvalue weighted by molar-refractivity contribution is 0.351. The smallest absolute Gasteiger partial charge is 0.463 e. The second-order valence-corrected chi connectivity index (χ2v) is 3.16. The maximum Gasteiger partial charge on any atom is 0.534 e. The maximum absolute atomic E-state index is 11.8. The van der Waals surface area contributed by atoms with Gasteiger partial charge in [-0.25, -0.2) is 4.57 Å². The minimum Gasteiger partial charge on any atom is -0.463 e. The van der Waals surface area contributed by atoms with Gasteiger partial charge in [0.05, 0.1) is 6.54 Å². The molecule has 0 N–H and O–H groups in total. The zero-order valence-corrected chi connectivity index (χ0v) is 6.72. The number of nitrogens with zero attached hydrogens (tertiary/aromatic N) is 2. The number of likely N-dealkylation sites (N-methyl/N-ethyl adjacent to an activating group) is 1. The molecule has 0 amide bonds.